The molecule has 0 aromatic heterocycles. The van der Waals surface area contributed by atoms with Crippen LogP contribution in [-0.2, 0) is 0 Å². The Morgan fingerprint density at radius 3 is 2.87 bits per heavy atom. The molecule has 0 radical (unpaired) electrons. The molecule has 0 spiro atoms. The SMILES string of the molecule is Cc1ccccc1C(NN)C1CCCS1. The minimum Gasteiger partial charge on any atom is -0.271 e. The summed E-state index contributed by atoms with van der Waals surface area (Å²) in [5.74, 6) is 6.96. The second kappa shape index (κ2) is 5.01. The third-order valence-corrected chi connectivity index (χ3v) is 4.50. The van der Waals surface area contributed by atoms with Gasteiger partial charge in [-0.05, 0) is 36.6 Å². The van der Waals surface area contributed by atoms with Crippen LogP contribution in [-0.4, -0.2) is 11.0 Å². The smallest absolute Gasteiger partial charge is 0.0581 e. The van der Waals surface area contributed by atoms with Crippen molar-refractivity contribution >= 4 is 11.8 Å². The van der Waals surface area contributed by atoms with Gasteiger partial charge in [0, 0.05) is 5.25 Å². The number of hydrogen-bond donors (Lipinski definition) is 2. The molecule has 2 atom stereocenters. The predicted octanol–water partition coefficient (Wildman–Crippen LogP) is 2.40. The highest BCUT2D eigenvalue weighted by molar-refractivity contribution is 8.00. The molecule has 1 aliphatic heterocycles. The van der Waals surface area contributed by atoms with Gasteiger partial charge in [0.1, 0.15) is 0 Å². The van der Waals surface area contributed by atoms with Crippen LogP contribution in [0.2, 0.25) is 0 Å². The fraction of sp³-hybridized carbons (Fsp3) is 0.500. The molecule has 0 bridgehead atoms. The van der Waals surface area contributed by atoms with Gasteiger partial charge in [-0.2, -0.15) is 11.8 Å². The highest BCUT2D eigenvalue weighted by Gasteiger charge is 2.26. The Labute approximate surface area is 95.6 Å². The van der Waals surface area contributed by atoms with Crippen molar-refractivity contribution < 1.29 is 0 Å². The van der Waals surface area contributed by atoms with Gasteiger partial charge in [-0.3, -0.25) is 11.3 Å². The summed E-state index contributed by atoms with van der Waals surface area (Å²) < 4.78 is 0. The molecule has 82 valence electrons. The predicted molar refractivity (Wildman–Crippen MR) is 66.7 cm³/mol. The molecule has 1 heterocycles. The van der Waals surface area contributed by atoms with Gasteiger partial charge in [0.15, 0.2) is 0 Å². The lowest BCUT2D eigenvalue weighted by atomic mass is 9.97. The number of nitrogens with one attached hydrogen (secondary N) is 1. The van der Waals surface area contributed by atoms with Crippen molar-refractivity contribution in [1.29, 1.82) is 0 Å². The van der Waals surface area contributed by atoms with Crippen LogP contribution in [0.25, 0.3) is 0 Å². The van der Waals surface area contributed by atoms with Gasteiger partial charge >= 0.3 is 0 Å². The summed E-state index contributed by atoms with van der Waals surface area (Å²) in [4.78, 5) is 0. The Morgan fingerprint density at radius 1 is 1.47 bits per heavy atom. The van der Waals surface area contributed by atoms with E-state index < -0.39 is 0 Å². The normalized spacial score (nSPS) is 22.9. The van der Waals surface area contributed by atoms with Crippen molar-refractivity contribution in [1.82, 2.24) is 5.43 Å². The van der Waals surface area contributed by atoms with E-state index in [0.29, 0.717) is 11.3 Å². The van der Waals surface area contributed by atoms with Gasteiger partial charge in [0.2, 0.25) is 0 Å². The van der Waals surface area contributed by atoms with Crippen molar-refractivity contribution in [2.75, 3.05) is 5.75 Å². The number of nitrogens with two attached hydrogens (primary N) is 1. The summed E-state index contributed by atoms with van der Waals surface area (Å²) in [6.07, 6.45) is 2.59. The van der Waals surface area contributed by atoms with Gasteiger partial charge < -0.3 is 0 Å². The molecule has 1 saturated heterocycles. The van der Waals surface area contributed by atoms with Crippen LogP contribution in [0.3, 0.4) is 0 Å². The average Bonchev–Trinajstić information content (AvgIpc) is 2.75. The van der Waals surface area contributed by atoms with E-state index in [4.69, 9.17) is 5.84 Å². The Kier molecular flexibility index (Phi) is 3.67. The van der Waals surface area contributed by atoms with Crippen LogP contribution in [0, 0.1) is 6.92 Å². The quantitative estimate of drug-likeness (QED) is 0.609. The maximum absolute atomic E-state index is 5.69. The van der Waals surface area contributed by atoms with Crippen LogP contribution in [0.1, 0.15) is 30.0 Å². The zero-order valence-corrected chi connectivity index (χ0v) is 9.89. The lowest BCUT2D eigenvalue weighted by Crippen LogP contribution is -2.34. The Hall–Kier alpha value is -0.510. The van der Waals surface area contributed by atoms with Gasteiger partial charge in [-0.15, -0.1) is 0 Å². The van der Waals surface area contributed by atoms with Crippen LogP contribution in [0.4, 0.5) is 0 Å². The number of hydrazine groups is 1. The molecule has 1 aromatic carbocycles. The van der Waals surface area contributed by atoms with Gasteiger partial charge in [-0.1, -0.05) is 24.3 Å². The maximum Gasteiger partial charge on any atom is 0.0581 e. The van der Waals surface area contributed by atoms with E-state index in [0.717, 1.165) is 0 Å². The fourth-order valence-electron chi connectivity index (χ4n) is 2.20. The largest absolute Gasteiger partial charge is 0.271 e. The molecule has 0 saturated carbocycles. The minimum atomic E-state index is 0.304. The molecule has 2 nitrogen and oxygen atoms in total. The number of aryl methyl sites for hydroxylation is 1. The second-order valence-corrected chi connectivity index (χ2v) is 5.40. The molecule has 2 rings (SSSR count). The third kappa shape index (κ3) is 2.36. The first-order valence-corrected chi connectivity index (χ1v) is 6.51. The molecular weight excluding hydrogens is 204 g/mol. The monoisotopic (exact) mass is 222 g/mol. The van der Waals surface area contributed by atoms with Crippen molar-refractivity contribution in [3.8, 4) is 0 Å². The third-order valence-electron chi connectivity index (χ3n) is 3.04. The average molecular weight is 222 g/mol. The topological polar surface area (TPSA) is 38.0 Å². The van der Waals surface area contributed by atoms with E-state index in [-0.39, 0.29) is 0 Å². The van der Waals surface area contributed by atoms with E-state index >= 15 is 0 Å². The summed E-state index contributed by atoms with van der Waals surface area (Å²) in [5, 5.41) is 0.635. The Morgan fingerprint density at radius 2 is 2.27 bits per heavy atom. The summed E-state index contributed by atoms with van der Waals surface area (Å²) >= 11 is 2.04. The van der Waals surface area contributed by atoms with Gasteiger partial charge in [-0.25, -0.2) is 0 Å². The molecular formula is C12H18N2S. The van der Waals surface area contributed by atoms with Crippen LogP contribution >= 0.6 is 11.8 Å². The lowest BCUT2D eigenvalue weighted by Gasteiger charge is -2.23. The van der Waals surface area contributed by atoms with Gasteiger partial charge in [0.25, 0.3) is 0 Å². The van der Waals surface area contributed by atoms with Crippen molar-refractivity contribution in [2.45, 2.75) is 31.1 Å². The maximum atomic E-state index is 5.69. The molecule has 0 aliphatic carbocycles. The molecule has 15 heavy (non-hydrogen) atoms. The summed E-state index contributed by atoms with van der Waals surface area (Å²) in [7, 11) is 0. The zero-order chi connectivity index (χ0) is 10.7. The minimum absolute atomic E-state index is 0.304. The molecule has 1 aliphatic rings. The second-order valence-electron chi connectivity index (χ2n) is 4.05. The molecule has 3 N–H and O–H groups in total. The summed E-state index contributed by atoms with van der Waals surface area (Å²) in [6.45, 7) is 2.15. The van der Waals surface area contributed by atoms with E-state index in [1.54, 1.807) is 0 Å². The number of thioether (sulfide) groups is 1. The summed E-state index contributed by atoms with van der Waals surface area (Å²) in [6, 6.07) is 8.80. The highest BCUT2D eigenvalue weighted by atomic mass is 32.2. The van der Waals surface area contributed by atoms with Crippen molar-refractivity contribution in [2.24, 2.45) is 5.84 Å². The molecule has 3 heteroatoms. The van der Waals surface area contributed by atoms with E-state index in [1.807, 2.05) is 11.8 Å². The lowest BCUT2D eigenvalue weighted by molar-refractivity contribution is 0.518. The fourth-order valence-corrected chi connectivity index (χ4v) is 3.59. The van der Waals surface area contributed by atoms with Crippen LogP contribution in [0.5, 0.6) is 0 Å². The first kappa shape index (κ1) is 11.0. The van der Waals surface area contributed by atoms with Crippen molar-refractivity contribution in [3.05, 3.63) is 35.4 Å². The molecule has 2 unspecified atom stereocenters. The zero-order valence-electron chi connectivity index (χ0n) is 9.07. The molecule has 0 amide bonds. The van der Waals surface area contributed by atoms with Gasteiger partial charge in [0.05, 0.1) is 6.04 Å². The first-order valence-electron chi connectivity index (χ1n) is 5.46. The molecule has 1 fully saturated rings. The van der Waals surface area contributed by atoms with E-state index in [1.165, 1.54) is 29.7 Å². The Balaban J connectivity index is 2.22. The van der Waals surface area contributed by atoms with Crippen molar-refractivity contribution in [3.63, 3.8) is 0 Å². The molecule has 1 aromatic rings. The highest BCUT2D eigenvalue weighted by Crippen LogP contribution is 2.36. The number of benzene rings is 1. The standard InChI is InChI=1S/C12H18N2S/c1-9-5-2-3-6-10(9)12(14-13)11-7-4-8-15-11/h2-3,5-6,11-12,14H,4,7-8,13H2,1H3. The number of rotatable bonds is 3. The van der Waals surface area contributed by atoms with E-state index in [9.17, 15) is 0 Å². The van der Waals surface area contributed by atoms with Crippen LogP contribution in [0.15, 0.2) is 24.3 Å². The first-order chi connectivity index (χ1) is 7.33. The Bertz CT molecular complexity index is 321. The van der Waals surface area contributed by atoms with Crippen LogP contribution < -0.4 is 11.3 Å². The summed E-state index contributed by atoms with van der Waals surface area (Å²) in [5.41, 5.74) is 5.65. The number of hydrogen-bond acceptors (Lipinski definition) is 3. The van der Waals surface area contributed by atoms with E-state index in [2.05, 4.69) is 36.6 Å².